The predicted molar refractivity (Wildman–Crippen MR) is 59.3 cm³/mol. The third-order valence-electron chi connectivity index (χ3n) is 2.03. The van der Waals surface area contributed by atoms with Crippen molar-refractivity contribution in [3.63, 3.8) is 0 Å². The molecule has 2 aromatic heterocycles. The second-order valence-electron chi connectivity index (χ2n) is 3.29. The Morgan fingerprint density at radius 2 is 2.33 bits per heavy atom. The average Bonchev–Trinajstić information content (AvgIpc) is 2.59. The predicted octanol–water partition coefficient (Wildman–Crippen LogP) is 1.52. The van der Waals surface area contributed by atoms with Gasteiger partial charge in [-0.2, -0.15) is 0 Å². The van der Waals surface area contributed by atoms with Gasteiger partial charge in [0.25, 0.3) is 0 Å². The fraction of sp³-hybridized carbons (Fsp3) is 0.0909. The number of nitrogen functional groups attached to an aromatic ring is 1. The summed E-state index contributed by atoms with van der Waals surface area (Å²) in [6.45, 7) is 1.50. The van der Waals surface area contributed by atoms with Crippen LogP contribution in [0.3, 0.4) is 0 Å². The van der Waals surface area contributed by atoms with Crippen LogP contribution >= 0.6 is 0 Å². The number of nitrogens with zero attached hydrogens (tertiary/aromatic N) is 2. The molecule has 76 valence electrons. The fourth-order valence-corrected chi connectivity index (χ4v) is 1.33. The van der Waals surface area contributed by atoms with Crippen molar-refractivity contribution >= 4 is 23.3 Å². The molecule has 0 aromatic carbocycles. The van der Waals surface area contributed by atoms with E-state index in [4.69, 9.17) is 5.73 Å². The summed E-state index contributed by atoms with van der Waals surface area (Å²) in [5.74, 6) is 0.627. The van der Waals surface area contributed by atoms with Gasteiger partial charge in [-0.25, -0.2) is 4.98 Å². The van der Waals surface area contributed by atoms with Crippen molar-refractivity contribution in [3.05, 3.63) is 36.2 Å². The molecule has 0 fully saturated rings. The Hall–Kier alpha value is -2.10. The fourth-order valence-electron chi connectivity index (χ4n) is 1.33. The summed E-state index contributed by atoms with van der Waals surface area (Å²) in [5.41, 5.74) is 7.26. The third-order valence-corrected chi connectivity index (χ3v) is 2.03. The van der Waals surface area contributed by atoms with E-state index >= 15 is 0 Å². The summed E-state index contributed by atoms with van der Waals surface area (Å²) in [6.07, 6.45) is 4.96. The molecule has 2 rings (SSSR count). The summed E-state index contributed by atoms with van der Waals surface area (Å²) in [4.78, 5) is 15.0. The Kier molecular flexibility index (Phi) is 2.25. The molecule has 2 heterocycles. The van der Waals surface area contributed by atoms with Crippen LogP contribution in [0.1, 0.15) is 12.6 Å². The third kappa shape index (κ3) is 1.88. The van der Waals surface area contributed by atoms with E-state index in [1.807, 2.05) is 12.1 Å². The van der Waals surface area contributed by atoms with E-state index in [0.717, 1.165) is 11.3 Å². The molecule has 2 aromatic rings. The molecule has 0 aliphatic rings. The molecule has 0 radical (unpaired) electrons. The highest BCUT2D eigenvalue weighted by atomic mass is 16.1. The number of rotatable bonds is 2. The molecule has 0 aliphatic heterocycles. The van der Waals surface area contributed by atoms with Gasteiger partial charge in [0.15, 0.2) is 5.78 Å². The van der Waals surface area contributed by atoms with Gasteiger partial charge < -0.3 is 5.73 Å². The Morgan fingerprint density at radius 1 is 1.53 bits per heavy atom. The number of nitrogens with two attached hydrogens (primary N) is 1. The van der Waals surface area contributed by atoms with Gasteiger partial charge in [0.05, 0.1) is 5.69 Å². The number of aromatic nitrogens is 2. The quantitative estimate of drug-likeness (QED) is 0.749. The van der Waals surface area contributed by atoms with Crippen LogP contribution in [0.5, 0.6) is 0 Å². The zero-order valence-electron chi connectivity index (χ0n) is 8.34. The molecule has 0 saturated heterocycles. The van der Waals surface area contributed by atoms with Gasteiger partial charge in [0.1, 0.15) is 11.5 Å². The average molecular weight is 201 g/mol. The maximum atomic E-state index is 10.8. The molecule has 0 unspecified atom stereocenters. The second kappa shape index (κ2) is 3.57. The highest BCUT2D eigenvalue weighted by Gasteiger charge is 2.00. The Labute approximate surface area is 87.0 Å². The zero-order chi connectivity index (χ0) is 10.8. The van der Waals surface area contributed by atoms with Crippen molar-refractivity contribution in [2.24, 2.45) is 0 Å². The molecule has 4 nitrogen and oxygen atoms in total. The summed E-state index contributed by atoms with van der Waals surface area (Å²) in [6, 6.07) is 5.50. The zero-order valence-corrected chi connectivity index (χ0v) is 8.34. The van der Waals surface area contributed by atoms with Gasteiger partial charge in [-0.15, -0.1) is 0 Å². The van der Waals surface area contributed by atoms with Crippen LogP contribution < -0.4 is 5.73 Å². The maximum absolute atomic E-state index is 10.8. The molecular formula is C11H11N3O. The first-order valence-electron chi connectivity index (χ1n) is 4.59. The molecule has 2 N–H and O–H groups in total. The van der Waals surface area contributed by atoms with Gasteiger partial charge >= 0.3 is 0 Å². The van der Waals surface area contributed by atoms with Crippen LogP contribution in [0, 0.1) is 0 Å². The topological polar surface area (TPSA) is 60.4 Å². The number of fused-ring (bicyclic) bond motifs is 1. The van der Waals surface area contributed by atoms with E-state index in [9.17, 15) is 4.79 Å². The summed E-state index contributed by atoms with van der Waals surface area (Å²) < 4.78 is 1.78. The van der Waals surface area contributed by atoms with Crippen LogP contribution in [0.25, 0.3) is 11.7 Å². The molecule has 0 atom stereocenters. The largest absolute Gasteiger partial charge is 0.385 e. The van der Waals surface area contributed by atoms with Crippen molar-refractivity contribution < 1.29 is 4.79 Å². The Bertz CT molecular complexity index is 540. The molecule has 0 saturated carbocycles. The Balaban J connectivity index is 2.48. The molecule has 0 spiro atoms. The summed E-state index contributed by atoms with van der Waals surface area (Å²) in [5, 5.41) is 0. The van der Waals surface area contributed by atoms with E-state index in [-0.39, 0.29) is 5.78 Å². The smallest absolute Gasteiger partial charge is 0.152 e. The normalized spacial score (nSPS) is 11.3. The first-order chi connectivity index (χ1) is 7.16. The van der Waals surface area contributed by atoms with Crippen LogP contribution in [-0.2, 0) is 4.79 Å². The number of pyridine rings is 1. The number of anilines is 1. The second-order valence-corrected chi connectivity index (χ2v) is 3.29. The molecule has 0 aliphatic carbocycles. The summed E-state index contributed by atoms with van der Waals surface area (Å²) in [7, 11) is 0. The standard InChI is InChI=1S/C11H11N3O/c1-8(15)5-6-9-7-14-10(12)3-2-4-11(14)13-9/h2-7H,12H2,1H3/b6-5+. The van der Waals surface area contributed by atoms with Gasteiger partial charge in [0.2, 0.25) is 0 Å². The highest BCUT2D eigenvalue weighted by Crippen LogP contribution is 2.11. The molecule has 4 heteroatoms. The SMILES string of the molecule is CC(=O)/C=C/c1cn2c(N)cccc2n1. The van der Waals surface area contributed by atoms with Crippen molar-refractivity contribution in [2.45, 2.75) is 6.92 Å². The molecule has 15 heavy (non-hydrogen) atoms. The molecular weight excluding hydrogens is 190 g/mol. The maximum Gasteiger partial charge on any atom is 0.152 e. The van der Waals surface area contributed by atoms with E-state index in [2.05, 4.69) is 4.98 Å². The van der Waals surface area contributed by atoms with Crippen molar-refractivity contribution in [2.75, 3.05) is 5.73 Å². The number of carbonyl (C=O) groups is 1. The lowest BCUT2D eigenvalue weighted by molar-refractivity contribution is -0.112. The molecule has 0 amide bonds. The lowest BCUT2D eigenvalue weighted by Crippen LogP contribution is -1.93. The van der Waals surface area contributed by atoms with Gasteiger partial charge in [0, 0.05) is 6.20 Å². The number of allylic oxidation sites excluding steroid dienone is 1. The number of ketones is 1. The summed E-state index contributed by atoms with van der Waals surface area (Å²) >= 11 is 0. The van der Waals surface area contributed by atoms with Crippen molar-refractivity contribution in [1.29, 1.82) is 0 Å². The monoisotopic (exact) mass is 201 g/mol. The number of carbonyl (C=O) groups excluding carboxylic acids is 1. The lowest BCUT2D eigenvalue weighted by Gasteiger charge is -1.95. The number of hydrogen-bond donors (Lipinski definition) is 1. The van der Waals surface area contributed by atoms with Crippen LogP contribution in [0.4, 0.5) is 5.82 Å². The van der Waals surface area contributed by atoms with E-state index in [0.29, 0.717) is 5.82 Å². The first kappa shape index (κ1) is 9.45. The molecule has 0 bridgehead atoms. The van der Waals surface area contributed by atoms with E-state index < -0.39 is 0 Å². The van der Waals surface area contributed by atoms with Gasteiger partial charge in [-0.05, 0) is 31.2 Å². The van der Waals surface area contributed by atoms with Crippen molar-refractivity contribution in [3.8, 4) is 0 Å². The number of hydrogen-bond acceptors (Lipinski definition) is 3. The Morgan fingerprint density at radius 3 is 3.00 bits per heavy atom. The first-order valence-corrected chi connectivity index (χ1v) is 4.59. The number of imidazole rings is 1. The van der Waals surface area contributed by atoms with Crippen LogP contribution in [0.15, 0.2) is 30.5 Å². The lowest BCUT2D eigenvalue weighted by atomic mass is 10.3. The van der Waals surface area contributed by atoms with Crippen molar-refractivity contribution in [1.82, 2.24) is 9.38 Å². The highest BCUT2D eigenvalue weighted by molar-refractivity contribution is 5.91. The van der Waals surface area contributed by atoms with Gasteiger partial charge in [-0.1, -0.05) is 6.07 Å². The van der Waals surface area contributed by atoms with Gasteiger partial charge in [-0.3, -0.25) is 9.20 Å². The van der Waals surface area contributed by atoms with E-state index in [1.165, 1.54) is 13.0 Å². The van der Waals surface area contributed by atoms with E-state index in [1.54, 1.807) is 22.7 Å². The van der Waals surface area contributed by atoms with Crippen LogP contribution in [-0.4, -0.2) is 15.2 Å². The minimum Gasteiger partial charge on any atom is -0.385 e. The minimum atomic E-state index is 0.0000260. The van der Waals surface area contributed by atoms with Crippen LogP contribution in [0.2, 0.25) is 0 Å². The minimum absolute atomic E-state index is 0.0000260.